The van der Waals surface area contributed by atoms with Crippen LogP contribution < -0.4 is 5.32 Å². The van der Waals surface area contributed by atoms with Crippen LogP contribution in [0.5, 0.6) is 0 Å². The molecule has 4 heteroatoms. The van der Waals surface area contributed by atoms with Crippen LogP contribution in [0.2, 0.25) is 5.02 Å². The van der Waals surface area contributed by atoms with Gasteiger partial charge in [-0.15, -0.1) is 0 Å². The number of urea groups is 1. The normalized spacial score (nSPS) is 20.9. The van der Waals surface area contributed by atoms with Crippen LogP contribution in [-0.2, 0) is 0 Å². The molecule has 0 aliphatic heterocycles. The largest absolute Gasteiger partial charge is 0.322 e. The predicted molar refractivity (Wildman–Crippen MR) is 84.3 cm³/mol. The Labute approximate surface area is 126 Å². The van der Waals surface area contributed by atoms with Crippen molar-refractivity contribution in [2.45, 2.75) is 40.2 Å². The second-order valence-electron chi connectivity index (χ2n) is 6.11. The van der Waals surface area contributed by atoms with Crippen LogP contribution in [0.4, 0.5) is 10.5 Å². The molecule has 2 atom stereocenters. The maximum Gasteiger partial charge on any atom is 0.322 e. The molecule has 0 unspecified atom stereocenters. The molecule has 0 bridgehead atoms. The fourth-order valence-electron chi connectivity index (χ4n) is 2.30. The molecule has 20 heavy (non-hydrogen) atoms. The highest BCUT2D eigenvalue weighted by atomic mass is 35.5. The smallest absolute Gasteiger partial charge is 0.322 e. The molecule has 0 heterocycles. The van der Waals surface area contributed by atoms with E-state index in [0.29, 0.717) is 10.9 Å². The number of nitrogens with zero attached hydrogens (tertiary/aromatic N) is 1. The quantitative estimate of drug-likeness (QED) is 0.868. The molecule has 1 aromatic carbocycles. The molecule has 1 aliphatic rings. The van der Waals surface area contributed by atoms with E-state index >= 15 is 0 Å². The molecule has 1 fully saturated rings. The Balaban J connectivity index is 2.01. The highest BCUT2D eigenvalue weighted by Gasteiger charge is 2.35. The third kappa shape index (κ3) is 3.66. The average molecular weight is 295 g/mol. The molecule has 1 aromatic rings. The third-order valence-electron chi connectivity index (χ3n) is 4.01. The van der Waals surface area contributed by atoms with Crippen molar-refractivity contribution in [1.82, 2.24) is 4.90 Å². The number of hydrogen-bond donors (Lipinski definition) is 1. The SMILES string of the molecule is Cc1ccc(NC(=O)N(C[C@H]2C[C@H]2C)C(C)C)cc1Cl. The minimum absolute atomic E-state index is 0.0426. The van der Waals surface area contributed by atoms with Crippen LogP contribution in [-0.4, -0.2) is 23.5 Å². The number of anilines is 1. The zero-order valence-corrected chi connectivity index (χ0v) is 13.4. The van der Waals surface area contributed by atoms with Gasteiger partial charge in [0.05, 0.1) is 0 Å². The van der Waals surface area contributed by atoms with Gasteiger partial charge in [-0.1, -0.05) is 24.6 Å². The minimum atomic E-state index is -0.0426. The Hall–Kier alpha value is -1.22. The van der Waals surface area contributed by atoms with E-state index in [1.807, 2.05) is 24.0 Å². The molecule has 1 N–H and O–H groups in total. The zero-order valence-electron chi connectivity index (χ0n) is 12.6. The van der Waals surface area contributed by atoms with E-state index in [4.69, 9.17) is 11.6 Å². The molecular formula is C16H23ClN2O. The lowest BCUT2D eigenvalue weighted by molar-refractivity contribution is 0.193. The summed E-state index contributed by atoms with van der Waals surface area (Å²) in [5, 5.41) is 3.62. The van der Waals surface area contributed by atoms with Crippen LogP contribution in [0.3, 0.4) is 0 Å². The number of amides is 2. The van der Waals surface area contributed by atoms with Gasteiger partial charge >= 0.3 is 6.03 Å². The standard InChI is InChI=1S/C16H23ClN2O/c1-10(2)19(9-13-7-12(13)4)16(20)18-14-6-5-11(3)15(17)8-14/h5-6,8,10,12-13H,7,9H2,1-4H3,(H,18,20)/t12-,13-/m1/s1. The summed E-state index contributed by atoms with van der Waals surface area (Å²) in [7, 11) is 0. The molecule has 0 spiro atoms. The minimum Gasteiger partial charge on any atom is -0.322 e. The predicted octanol–water partition coefficient (Wildman–Crippen LogP) is 4.55. The summed E-state index contributed by atoms with van der Waals surface area (Å²) in [6, 6.07) is 5.76. The van der Waals surface area contributed by atoms with Crippen molar-refractivity contribution in [1.29, 1.82) is 0 Å². The molecule has 2 amide bonds. The highest BCUT2D eigenvalue weighted by Crippen LogP contribution is 2.38. The van der Waals surface area contributed by atoms with Crippen molar-refractivity contribution in [2.75, 3.05) is 11.9 Å². The summed E-state index contributed by atoms with van der Waals surface area (Å²) in [4.78, 5) is 14.3. The zero-order chi connectivity index (χ0) is 14.9. The van der Waals surface area contributed by atoms with Gasteiger partial charge in [-0.3, -0.25) is 0 Å². The third-order valence-corrected chi connectivity index (χ3v) is 4.42. The summed E-state index contributed by atoms with van der Waals surface area (Å²) in [5.41, 5.74) is 1.76. The summed E-state index contributed by atoms with van der Waals surface area (Å²) in [6.45, 7) is 9.12. The Morgan fingerprint density at radius 1 is 1.50 bits per heavy atom. The summed E-state index contributed by atoms with van der Waals surface area (Å²) < 4.78 is 0. The number of halogens is 1. The van der Waals surface area contributed by atoms with Gasteiger partial charge in [-0.25, -0.2) is 4.79 Å². The number of rotatable bonds is 4. The van der Waals surface area contributed by atoms with Gasteiger partial charge in [0.2, 0.25) is 0 Å². The highest BCUT2D eigenvalue weighted by molar-refractivity contribution is 6.31. The number of carbonyl (C=O) groups is 1. The van der Waals surface area contributed by atoms with Crippen molar-refractivity contribution in [2.24, 2.45) is 11.8 Å². The molecule has 0 saturated heterocycles. The van der Waals surface area contributed by atoms with Crippen LogP contribution in [0, 0.1) is 18.8 Å². The Morgan fingerprint density at radius 2 is 2.15 bits per heavy atom. The van der Waals surface area contributed by atoms with Crippen LogP contribution in [0.25, 0.3) is 0 Å². The first kappa shape index (κ1) is 15.2. The first-order chi connectivity index (χ1) is 9.38. The molecule has 3 nitrogen and oxygen atoms in total. The first-order valence-corrected chi connectivity index (χ1v) is 7.60. The molecular weight excluding hydrogens is 272 g/mol. The molecule has 110 valence electrons. The van der Waals surface area contributed by atoms with Crippen molar-refractivity contribution >= 4 is 23.3 Å². The maximum atomic E-state index is 12.4. The Kier molecular flexibility index (Phi) is 4.59. The van der Waals surface area contributed by atoms with Crippen molar-refractivity contribution in [3.63, 3.8) is 0 Å². The fourth-order valence-corrected chi connectivity index (χ4v) is 2.48. The van der Waals surface area contributed by atoms with E-state index in [2.05, 4.69) is 26.1 Å². The van der Waals surface area contributed by atoms with Crippen molar-refractivity contribution < 1.29 is 4.79 Å². The summed E-state index contributed by atoms with van der Waals surface area (Å²) in [6.07, 6.45) is 1.23. The average Bonchev–Trinajstić information content (AvgIpc) is 3.06. The number of benzene rings is 1. The topological polar surface area (TPSA) is 32.3 Å². The Morgan fingerprint density at radius 3 is 2.65 bits per heavy atom. The van der Waals surface area contributed by atoms with Gasteiger partial charge in [-0.05, 0) is 56.7 Å². The van der Waals surface area contributed by atoms with E-state index in [9.17, 15) is 4.79 Å². The Bertz CT molecular complexity index is 501. The number of hydrogen-bond acceptors (Lipinski definition) is 1. The van der Waals surface area contributed by atoms with Gasteiger partial charge in [0.25, 0.3) is 0 Å². The van der Waals surface area contributed by atoms with Gasteiger partial charge in [0.1, 0.15) is 0 Å². The van der Waals surface area contributed by atoms with E-state index in [1.165, 1.54) is 6.42 Å². The van der Waals surface area contributed by atoms with E-state index in [-0.39, 0.29) is 12.1 Å². The van der Waals surface area contributed by atoms with Gasteiger partial charge in [0, 0.05) is 23.3 Å². The molecule has 1 aliphatic carbocycles. The summed E-state index contributed by atoms with van der Waals surface area (Å²) >= 11 is 6.09. The van der Waals surface area contributed by atoms with Gasteiger partial charge < -0.3 is 10.2 Å². The second kappa shape index (κ2) is 6.04. The van der Waals surface area contributed by atoms with Gasteiger partial charge in [0.15, 0.2) is 0 Å². The molecule has 0 aromatic heterocycles. The van der Waals surface area contributed by atoms with E-state index < -0.39 is 0 Å². The van der Waals surface area contributed by atoms with Crippen molar-refractivity contribution in [3.05, 3.63) is 28.8 Å². The van der Waals surface area contributed by atoms with Crippen molar-refractivity contribution in [3.8, 4) is 0 Å². The number of carbonyl (C=O) groups excluding carboxylic acids is 1. The van der Waals surface area contributed by atoms with E-state index in [0.717, 1.165) is 23.7 Å². The van der Waals surface area contributed by atoms with Crippen LogP contribution >= 0.6 is 11.6 Å². The first-order valence-electron chi connectivity index (χ1n) is 7.22. The lowest BCUT2D eigenvalue weighted by Crippen LogP contribution is -2.41. The maximum absolute atomic E-state index is 12.4. The lowest BCUT2D eigenvalue weighted by atomic mass is 10.2. The fraction of sp³-hybridized carbons (Fsp3) is 0.562. The number of nitrogens with one attached hydrogen (secondary N) is 1. The monoisotopic (exact) mass is 294 g/mol. The molecule has 2 rings (SSSR count). The molecule has 0 radical (unpaired) electrons. The molecule has 1 saturated carbocycles. The summed E-state index contributed by atoms with van der Waals surface area (Å²) in [5.74, 6) is 1.41. The second-order valence-corrected chi connectivity index (χ2v) is 6.52. The van der Waals surface area contributed by atoms with Crippen LogP contribution in [0.15, 0.2) is 18.2 Å². The van der Waals surface area contributed by atoms with Crippen LogP contribution in [0.1, 0.15) is 32.8 Å². The van der Waals surface area contributed by atoms with E-state index in [1.54, 1.807) is 6.07 Å². The lowest BCUT2D eigenvalue weighted by Gasteiger charge is -2.27. The number of aryl methyl sites for hydroxylation is 1. The van der Waals surface area contributed by atoms with Gasteiger partial charge in [-0.2, -0.15) is 0 Å².